The van der Waals surface area contributed by atoms with Crippen molar-refractivity contribution in [3.8, 4) is 0 Å². The Morgan fingerprint density at radius 1 is 1.24 bits per heavy atom. The van der Waals surface area contributed by atoms with Crippen LogP contribution in [0.2, 0.25) is 0 Å². The fourth-order valence-electron chi connectivity index (χ4n) is 2.75. The molecule has 0 aliphatic carbocycles. The third-order valence-electron chi connectivity index (χ3n) is 3.95. The summed E-state index contributed by atoms with van der Waals surface area (Å²) in [5.41, 5.74) is 3.26. The van der Waals surface area contributed by atoms with Gasteiger partial charge in [0.05, 0.1) is 5.92 Å². The van der Waals surface area contributed by atoms with Crippen LogP contribution in [0.1, 0.15) is 24.8 Å². The quantitative estimate of drug-likeness (QED) is 0.782. The highest BCUT2D eigenvalue weighted by Gasteiger charge is 2.24. The number of hydrogen-bond acceptors (Lipinski definition) is 3. The van der Waals surface area contributed by atoms with Crippen LogP contribution in [0.5, 0.6) is 0 Å². The van der Waals surface area contributed by atoms with E-state index >= 15 is 0 Å². The maximum Gasteiger partial charge on any atom is 0.229 e. The number of amides is 2. The van der Waals surface area contributed by atoms with Crippen molar-refractivity contribution in [2.75, 3.05) is 23.7 Å². The first-order valence-electron chi connectivity index (χ1n) is 7.17. The summed E-state index contributed by atoms with van der Waals surface area (Å²) in [7, 11) is 0. The molecule has 1 fully saturated rings. The van der Waals surface area contributed by atoms with E-state index in [9.17, 15) is 9.59 Å². The van der Waals surface area contributed by atoms with Gasteiger partial charge in [0.1, 0.15) is 0 Å². The Kier molecular flexibility index (Phi) is 5.07. The summed E-state index contributed by atoms with van der Waals surface area (Å²) in [5, 5.41) is 9.05. The summed E-state index contributed by atoms with van der Waals surface area (Å²) >= 11 is 0. The topological polar surface area (TPSA) is 70.2 Å². The second-order valence-corrected chi connectivity index (χ2v) is 5.43. The summed E-state index contributed by atoms with van der Waals surface area (Å²) in [4.78, 5) is 23.3. The van der Waals surface area contributed by atoms with Gasteiger partial charge in [-0.2, -0.15) is 0 Å². The molecule has 1 aromatic carbocycles. The van der Waals surface area contributed by atoms with Crippen molar-refractivity contribution >= 4 is 35.6 Å². The Hall–Kier alpha value is -1.75. The zero-order valence-electron chi connectivity index (χ0n) is 11.8. The van der Waals surface area contributed by atoms with Gasteiger partial charge in [0.2, 0.25) is 11.8 Å². The normalized spacial score (nSPS) is 20.4. The first-order chi connectivity index (χ1) is 9.72. The minimum atomic E-state index is -0.123. The van der Waals surface area contributed by atoms with E-state index in [0.29, 0.717) is 19.4 Å². The predicted octanol–water partition coefficient (Wildman–Crippen LogP) is 1.93. The van der Waals surface area contributed by atoms with E-state index in [1.165, 1.54) is 11.3 Å². The summed E-state index contributed by atoms with van der Waals surface area (Å²) in [6, 6.07) is 5.99. The van der Waals surface area contributed by atoms with Gasteiger partial charge in [-0.15, -0.1) is 12.4 Å². The van der Waals surface area contributed by atoms with Crippen LogP contribution in [0.3, 0.4) is 0 Å². The molecule has 5 nitrogen and oxygen atoms in total. The molecule has 3 rings (SSSR count). The van der Waals surface area contributed by atoms with Gasteiger partial charge in [0.15, 0.2) is 0 Å². The van der Waals surface area contributed by atoms with E-state index in [1.807, 2.05) is 18.2 Å². The number of anilines is 2. The van der Waals surface area contributed by atoms with Crippen LogP contribution in [-0.2, 0) is 16.0 Å². The van der Waals surface area contributed by atoms with Crippen LogP contribution in [-0.4, -0.2) is 24.9 Å². The summed E-state index contributed by atoms with van der Waals surface area (Å²) in [6.45, 7) is 1.46. The van der Waals surface area contributed by atoms with E-state index in [1.54, 1.807) is 0 Å². The van der Waals surface area contributed by atoms with Gasteiger partial charge >= 0.3 is 0 Å². The van der Waals surface area contributed by atoms with Gasteiger partial charge in [-0.05, 0) is 43.0 Å². The van der Waals surface area contributed by atoms with Gasteiger partial charge in [-0.1, -0.05) is 0 Å². The molecule has 2 aliphatic rings. The lowest BCUT2D eigenvalue weighted by Gasteiger charge is -2.22. The molecule has 1 atom stereocenters. The first-order valence-corrected chi connectivity index (χ1v) is 7.17. The van der Waals surface area contributed by atoms with Crippen LogP contribution in [0, 0.1) is 5.92 Å². The molecule has 6 heteroatoms. The molecular weight excluding hydrogens is 290 g/mol. The lowest BCUT2D eigenvalue weighted by molar-refractivity contribution is -0.126. The highest BCUT2D eigenvalue weighted by molar-refractivity contribution is 5.94. The maximum atomic E-state index is 12.2. The van der Waals surface area contributed by atoms with E-state index in [4.69, 9.17) is 0 Å². The molecule has 2 heterocycles. The molecule has 1 unspecified atom stereocenters. The molecule has 21 heavy (non-hydrogen) atoms. The monoisotopic (exact) mass is 309 g/mol. The molecule has 0 radical (unpaired) electrons. The van der Waals surface area contributed by atoms with Crippen molar-refractivity contribution < 1.29 is 9.59 Å². The van der Waals surface area contributed by atoms with Gasteiger partial charge < -0.3 is 16.0 Å². The Labute approximate surface area is 130 Å². The summed E-state index contributed by atoms with van der Waals surface area (Å²) in [6.07, 6.45) is 3.24. The van der Waals surface area contributed by atoms with Crippen LogP contribution in [0.15, 0.2) is 18.2 Å². The standard InChI is InChI=1S/C15H19N3O2.ClH/c19-14-6-3-11(9-17-14)15(20)18-12-4-5-13-10(8-12)2-1-7-16-13;/h4-5,8,11,16H,1-3,6-7,9H2,(H,17,19)(H,18,20);1H. The lowest BCUT2D eigenvalue weighted by atomic mass is 9.98. The van der Waals surface area contributed by atoms with Gasteiger partial charge in [-0.3, -0.25) is 9.59 Å². The molecule has 0 bridgehead atoms. The maximum absolute atomic E-state index is 12.2. The van der Waals surface area contributed by atoms with Gasteiger partial charge in [-0.25, -0.2) is 0 Å². The molecule has 0 aromatic heterocycles. The molecule has 3 N–H and O–H groups in total. The number of nitrogens with one attached hydrogen (secondary N) is 3. The highest BCUT2D eigenvalue weighted by atomic mass is 35.5. The fraction of sp³-hybridized carbons (Fsp3) is 0.467. The smallest absolute Gasteiger partial charge is 0.229 e. The molecule has 0 spiro atoms. The molecular formula is C15H20ClN3O2. The van der Waals surface area contributed by atoms with Crippen molar-refractivity contribution in [1.29, 1.82) is 0 Å². The Morgan fingerprint density at radius 2 is 2.10 bits per heavy atom. The number of halogens is 1. The Morgan fingerprint density at radius 3 is 2.86 bits per heavy atom. The number of hydrogen-bond donors (Lipinski definition) is 3. The molecule has 1 aromatic rings. The molecule has 2 aliphatic heterocycles. The third kappa shape index (κ3) is 3.67. The van der Waals surface area contributed by atoms with Crippen LogP contribution < -0.4 is 16.0 Å². The molecule has 1 saturated heterocycles. The van der Waals surface area contributed by atoms with E-state index in [-0.39, 0.29) is 30.1 Å². The molecule has 2 amide bonds. The van der Waals surface area contributed by atoms with Crippen molar-refractivity contribution in [1.82, 2.24) is 5.32 Å². The number of fused-ring (bicyclic) bond motifs is 1. The van der Waals surface area contributed by atoms with Crippen molar-refractivity contribution in [2.45, 2.75) is 25.7 Å². The fourth-order valence-corrected chi connectivity index (χ4v) is 2.75. The van der Waals surface area contributed by atoms with Crippen molar-refractivity contribution in [3.63, 3.8) is 0 Å². The summed E-state index contributed by atoms with van der Waals surface area (Å²) < 4.78 is 0. The zero-order chi connectivity index (χ0) is 13.9. The predicted molar refractivity (Wildman–Crippen MR) is 84.9 cm³/mol. The number of aryl methyl sites for hydroxylation is 1. The SMILES string of the molecule is Cl.O=C1CCC(C(=O)Nc2ccc3c(c2)CCCN3)CN1. The van der Waals surface area contributed by atoms with Crippen LogP contribution in [0.4, 0.5) is 11.4 Å². The van der Waals surface area contributed by atoms with Gasteiger partial charge in [0.25, 0.3) is 0 Å². The Bertz CT molecular complexity index is 538. The first kappa shape index (κ1) is 15.6. The number of rotatable bonds is 2. The lowest BCUT2D eigenvalue weighted by Crippen LogP contribution is -2.40. The minimum Gasteiger partial charge on any atom is -0.385 e. The third-order valence-corrected chi connectivity index (χ3v) is 3.95. The van der Waals surface area contributed by atoms with Crippen LogP contribution >= 0.6 is 12.4 Å². The average Bonchev–Trinajstić information content (AvgIpc) is 2.48. The minimum absolute atomic E-state index is 0. The summed E-state index contributed by atoms with van der Waals surface area (Å²) in [5.74, 6) is -0.0931. The van der Waals surface area contributed by atoms with Crippen LogP contribution in [0.25, 0.3) is 0 Å². The molecule has 0 saturated carbocycles. The Balaban J connectivity index is 0.00000161. The number of carbonyl (C=O) groups is 2. The highest BCUT2D eigenvalue weighted by Crippen LogP contribution is 2.25. The second-order valence-electron chi connectivity index (χ2n) is 5.43. The molecule has 114 valence electrons. The number of benzene rings is 1. The van der Waals surface area contributed by atoms with E-state index in [2.05, 4.69) is 16.0 Å². The van der Waals surface area contributed by atoms with Crippen molar-refractivity contribution in [2.24, 2.45) is 5.92 Å². The van der Waals surface area contributed by atoms with Crippen molar-refractivity contribution in [3.05, 3.63) is 23.8 Å². The number of piperidine rings is 1. The zero-order valence-corrected chi connectivity index (χ0v) is 12.6. The van der Waals surface area contributed by atoms with E-state index in [0.717, 1.165) is 25.1 Å². The van der Waals surface area contributed by atoms with E-state index < -0.39 is 0 Å². The second kappa shape index (κ2) is 6.80. The largest absolute Gasteiger partial charge is 0.385 e. The van der Waals surface area contributed by atoms with Gasteiger partial charge in [0, 0.05) is 30.9 Å². The average molecular weight is 310 g/mol. The number of carbonyl (C=O) groups excluding carboxylic acids is 2.